The summed E-state index contributed by atoms with van der Waals surface area (Å²) in [5.74, 6) is 1.09. The predicted octanol–water partition coefficient (Wildman–Crippen LogP) is 3.04. The first-order chi connectivity index (χ1) is 7.78. The second kappa shape index (κ2) is 3.17. The van der Waals surface area contributed by atoms with Gasteiger partial charge in [-0.25, -0.2) is 0 Å². The molecule has 0 atom stereocenters. The Hall–Kier alpha value is -2.16. The lowest BCUT2D eigenvalue weighted by molar-refractivity contribution is 0.415. The Balaban J connectivity index is 2.44. The Morgan fingerprint density at radius 1 is 1.00 bits per heavy atom. The van der Waals surface area contributed by atoms with Crippen molar-refractivity contribution in [2.75, 3.05) is 7.11 Å². The summed E-state index contributed by atoms with van der Waals surface area (Å²) in [6.45, 7) is 0. The summed E-state index contributed by atoms with van der Waals surface area (Å²) in [4.78, 5) is 3.29. The molecule has 0 amide bonds. The number of aromatic hydroxyl groups is 1. The summed E-state index contributed by atoms with van der Waals surface area (Å²) in [6, 6.07) is 11.2. The highest BCUT2D eigenvalue weighted by molar-refractivity contribution is 6.08. The number of phenols is 1. The van der Waals surface area contributed by atoms with Crippen molar-refractivity contribution < 1.29 is 9.84 Å². The summed E-state index contributed by atoms with van der Waals surface area (Å²) in [7, 11) is 1.65. The van der Waals surface area contributed by atoms with Gasteiger partial charge < -0.3 is 14.8 Å². The molecule has 3 aromatic rings. The summed E-state index contributed by atoms with van der Waals surface area (Å²) >= 11 is 0. The number of methoxy groups -OCH3 is 1. The van der Waals surface area contributed by atoms with Crippen molar-refractivity contribution in [3.8, 4) is 11.5 Å². The van der Waals surface area contributed by atoms with E-state index in [2.05, 4.69) is 4.98 Å². The molecule has 0 aliphatic carbocycles. The number of aromatic amines is 1. The molecule has 80 valence electrons. The van der Waals surface area contributed by atoms with Gasteiger partial charge in [0.2, 0.25) is 0 Å². The van der Waals surface area contributed by atoms with Crippen molar-refractivity contribution in [1.82, 2.24) is 4.98 Å². The molecule has 2 aromatic carbocycles. The average molecular weight is 213 g/mol. The minimum absolute atomic E-state index is 0.274. The molecule has 0 fully saturated rings. The number of aromatic nitrogens is 1. The van der Waals surface area contributed by atoms with E-state index >= 15 is 0 Å². The zero-order chi connectivity index (χ0) is 11.1. The molecule has 3 rings (SSSR count). The van der Waals surface area contributed by atoms with Gasteiger partial charge in [0.25, 0.3) is 0 Å². The van der Waals surface area contributed by atoms with Crippen LogP contribution in [0.25, 0.3) is 21.8 Å². The lowest BCUT2D eigenvalue weighted by Crippen LogP contribution is -1.80. The van der Waals surface area contributed by atoms with Crippen LogP contribution in [0.5, 0.6) is 11.5 Å². The van der Waals surface area contributed by atoms with Gasteiger partial charge in [0.05, 0.1) is 7.11 Å². The van der Waals surface area contributed by atoms with Crippen LogP contribution in [0.3, 0.4) is 0 Å². The predicted molar refractivity (Wildman–Crippen MR) is 64.0 cm³/mol. The number of hydrogen-bond donors (Lipinski definition) is 2. The summed E-state index contributed by atoms with van der Waals surface area (Å²) in [6.07, 6.45) is 0. The van der Waals surface area contributed by atoms with E-state index in [4.69, 9.17) is 4.74 Å². The largest absolute Gasteiger partial charge is 0.508 e. The third-order valence-corrected chi connectivity index (χ3v) is 2.79. The maximum Gasteiger partial charge on any atom is 0.119 e. The summed E-state index contributed by atoms with van der Waals surface area (Å²) < 4.78 is 5.19. The number of ether oxygens (including phenoxy) is 1. The lowest BCUT2D eigenvalue weighted by Gasteiger charge is -1.98. The smallest absolute Gasteiger partial charge is 0.119 e. The summed E-state index contributed by atoms with van der Waals surface area (Å²) in [5, 5.41) is 11.6. The molecule has 0 aliphatic rings. The normalized spacial score (nSPS) is 11.1. The van der Waals surface area contributed by atoms with E-state index in [0.29, 0.717) is 0 Å². The van der Waals surface area contributed by atoms with Crippen molar-refractivity contribution >= 4 is 21.8 Å². The highest BCUT2D eigenvalue weighted by Crippen LogP contribution is 2.30. The Morgan fingerprint density at radius 3 is 2.44 bits per heavy atom. The van der Waals surface area contributed by atoms with Gasteiger partial charge in [-0.3, -0.25) is 0 Å². The van der Waals surface area contributed by atoms with Crippen molar-refractivity contribution in [2.45, 2.75) is 0 Å². The number of hydrogen-bond acceptors (Lipinski definition) is 2. The molecule has 0 bridgehead atoms. The molecule has 0 unspecified atom stereocenters. The van der Waals surface area contributed by atoms with E-state index in [-0.39, 0.29) is 5.75 Å². The standard InChI is InChI=1S/C13H11NO2/c1-16-9-3-5-13-11(7-9)10-6-8(15)2-4-12(10)14-13/h2-7,14-15H,1H3. The van der Waals surface area contributed by atoms with Gasteiger partial charge in [-0.05, 0) is 36.4 Å². The van der Waals surface area contributed by atoms with Crippen LogP contribution in [0.4, 0.5) is 0 Å². The van der Waals surface area contributed by atoms with Crippen LogP contribution in [-0.4, -0.2) is 17.2 Å². The van der Waals surface area contributed by atoms with Crippen molar-refractivity contribution in [1.29, 1.82) is 0 Å². The summed E-state index contributed by atoms with van der Waals surface area (Å²) in [5.41, 5.74) is 2.06. The first-order valence-corrected chi connectivity index (χ1v) is 5.06. The number of fused-ring (bicyclic) bond motifs is 3. The van der Waals surface area contributed by atoms with Gasteiger partial charge in [0.1, 0.15) is 11.5 Å². The van der Waals surface area contributed by atoms with Crippen LogP contribution in [0.15, 0.2) is 36.4 Å². The fourth-order valence-electron chi connectivity index (χ4n) is 1.99. The van der Waals surface area contributed by atoms with Crippen LogP contribution in [0.1, 0.15) is 0 Å². The Bertz CT molecular complexity index is 670. The zero-order valence-corrected chi connectivity index (χ0v) is 8.82. The highest BCUT2D eigenvalue weighted by Gasteiger charge is 2.05. The number of H-pyrrole nitrogens is 1. The molecule has 3 nitrogen and oxygen atoms in total. The lowest BCUT2D eigenvalue weighted by atomic mass is 10.1. The molecule has 0 aliphatic heterocycles. The van der Waals surface area contributed by atoms with Crippen molar-refractivity contribution in [3.05, 3.63) is 36.4 Å². The minimum Gasteiger partial charge on any atom is -0.508 e. The van der Waals surface area contributed by atoms with Crippen LogP contribution < -0.4 is 4.74 Å². The van der Waals surface area contributed by atoms with E-state index < -0.39 is 0 Å². The maximum atomic E-state index is 9.49. The van der Waals surface area contributed by atoms with Gasteiger partial charge in [-0.1, -0.05) is 0 Å². The van der Waals surface area contributed by atoms with E-state index in [9.17, 15) is 5.11 Å². The van der Waals surface area contributed by atoms with Gasteiger partial charge >= 0.3 is 0 Å². The van der Waals surface area contributed by atoms with Crippen LogP contribution in [0, 0.1) is 0 Å². The second-order valence-electron chi connectivity index (χ2n) is 3.77. The van der Waals surface area contributed by atoms with E-state index in [1.165, 1.54) is 0 Å². The first kappa shape index (κ1) is 9.09. The fourth-order valence-corrected chi connectivity index (χ4v) is 1.99. The molecule has 0 saturated carbocycles. The first-order valence-electron chi connectivity index (χ1n) is 5.06. The molecule has 16 heavy (non-hydrogen) atoms. The SMILES string of the molecule is COc1ccc2[nH]c3ccc(O)cc3c2c1. The average Bonchev–Trinajstić information content (AvgIpc) is 2.66. The zero-order valence-electron chi connectivity index (χ0n) is 8.82. The molecule has 0 spiro atoms. The van der Waals surface area contributed by atoms with E-state index in [1.807, 2.05) is 24.3 Å². The topological polar surface area (TPSA) is 45.2 Å². The molecule has 1 aromatic heterocycles. The van der Waals surface area contributed by atoms with E-state index in [0.717, 1.165) is 27.6 Å². The van der Waals surface area contributed by atoms with Crippen molar-refractivity contribution in [3.63, 3.8) is 0 Å². The fraction of sp³-hybridized carbons (Fsp3) is 0.0769. The molecular weight excluding hydrogens is 202 g/mol. The van der Waals surface area contributed by atoms with E-state index in [1.54, 1.807) is 19.2 Å². The quantitative estimate of drug-likeness (QED) is 0.652. The van der Waals surface area contributed by atoms with Gasteiger partial charge in [0, 0.05) is 21.8 Å². The van der Waals surface area contributed by atoms with Crippen molar-refractivity contribution in [2.24, 2.45) is 0 Å². The number of phenolic OH excluding ortho intramolecular Hbond substituents is 1. The Morgan fingerprint density at radius 2 is 1.69 bits per heavy atom. The molecular formula is C13H11NO2. The highest BCUT2D eigenvalue weighted by atomic mass is 16.5. The third-order valence-electron chi connectivity index (χ3n) is 2.79. The van der Waals surface area contributed by atoms with Gasteiger partial charge in [-0.2, -0.15) is 0 Å². The number of nitrogens with one attached hydrogen (secondary N) is 1. The molecule has 0 radical (unpaired) electrons. The molecule has 0 saturated heterocycles. The van der Waals surface area contributed by atoms with Gasteiger partial charge in [0.15, 0.2) is 0 Å². The second-order valence-corrected chi connectivity index (χ2v) is 3.77. The Labute approximate surface area is 92.3 Å². The number of rotatable bonds is 1. The molecule has 2 N–H and O–H groups in total. The molecule has 3 heteroatoms. The van der Waals surface area contributed by atoms with Gasteiger partial charge in [-0.15, -0.1) is 0 Å². The monoisotopic (exact) mass is 213 g/mol. The minimum atomic E-state index is 0.274. The Kier molecular flexibility index (Phi) is 1.80. The van der Waals surface area contributed by atoms with Crippen LogP contribution >= 0.6 is 0 Å². The van der Waals surface area contributed by atoms with Crippen LogP contribution in [0.2, 0.25) is 0 Å². The number of benzene rings is 2. The maximum absolute atomic E-state index is 9.49. The third kappa shape index (κ3) is 1.21. The van der Waals surface area contributed by atoms with Crippen LogP contribution in [-0.2, 0) is 0 Å². The molecule has 1 heterocycles.